The maximum Gasteiger partial charge on any atom is 0.374 e. The van der Waals surface area contributed by atoms with Crippen LogP contribution in [0.25, 0.3) is 0 Å². The summed E-state index contributed by atoms with van der Waals surface area (Å²) in [5, 5.41) is 13.2. The second-order valence-electron chi connectivity index (χ2n) is 5.27. The molecule has 1 aromatic carbocycles. The van der Waals surface area contributed by atoms with Crippen LogP contribution >= 0.6 is 0 Å². The average molecular weight is 339 g/mol. The van der Waals surface area contributed by atoms with Crippen LogP contribution < -0.4 is 5.32 Å². The number of carbonyl (C=O) groups is 1. The number of hydrogen-bond donors (Lipinski definition) is 2. The number of furan rings is 1. The van der Waals surface area contributed by atoms with E-state index in [0.717, 1.165) is 12.1 Å². The molecular weight excluding hydrogens is 320 g/mol. The summed E-state index contributed by atoms with van der Waals surface area (Å²) in [7, 11) is 0. The van der Waals surface area contributed by atoms with E-state index >= 15 is 0 Å². The molecule has 0 aliphatic rings. The second kappa shape index (κ2) is 8.03. The Morgan fingerprint density at radius 2 is 2.04 bits per heavy atom. The molecule has 5 nitrogen and oxygen atoms in total. The van der Waals surface area contributed by atoms with Crippen LogP contribution in [0.4, 0.5) is 8.78 Å². The Morgan fingerprint density at radius 1 is 1.29 bits per heavy atom. The fourth-order valence-corrected chi connectivity index (χ4v) is 2.14. The van der Waals surface area contributed by atoms with E-state index in [-0.39, 0.29) is 24.5 Å². The molecule has 2 unspecified atom stereocenters. The third-order valence-electron chi connectivity index (χ3n) is 3.50. The van der Waals surface area contributed by atoms with Crippen molar-refractivity contribution < 1.29 is 27.8 Å². The van der Waals surface area contributed by atoms with Gasteiger partial charge >= 0.3 is 5.97 Å². The first-order valence-corrected chi connectivity index (χ1v) is 7.54. The molecule has 2 N–H and O–H groups in total. The van der Waals surface area contributed by atoms with Gasteiger partial charge in [0.2, 0.25) is 5.76 Å². The predicted octanol–water partition coefficient (Wildman–Crippen LogP) is 2.95. The molecule has 2 rings (SSSR count). The standard InChI is InChI=1S/C17H19F2NO4/c1-3-23-17(22)15-7-5-12(24-15)9-20-10(2)16(21)11-4-6-13(18)14(19)8-11/h4-8,10,16,20-21H,3,9H2,1-2H3. The van der Waals surface area contributed by atoms with Crippen molar-refractivity contribution in [1.82, 2.24) is 5.32 Å². The first-order chi connectivity index (χ1) is 11.4. The van der Waals surface area contributed by atoms with E-state index in [0.29, 0.717) is 5.76 Å². The quantitative estimate of drug-likeness (QED) is 0.759. The summed E-state index contributed by atoms with van der Waals surface area (Å²) >= 11 is 0. The fourth-order valence-electron chi connectivity index (χ4n) is 2.14. The molecule has 7 heteroatoms. The van der Waals surface area contributed by atoms with Crippen molar-refractivity contribution >= 4 is 5.97 Å². The topological polar surface area (TPSA) is 71.7 Å². The molecule has 130 valence electrons. The first-order valence-electron chi connectivity index (χ1n) is 7.54. The van der Waals surface area contributed by atoms with Crippen LogP contribution in [0.2, 0.25) is 0 Å². The van der Waals surface area contributed by atoms with E-state index in [9.17, 15) is 18.7 Å². The summed E-state index contributed by atoms with van der Waals surface area (Å²) in [6, 6.07) is 5.93. The van der Waals surface area contributed by atoms with Gasteiger partial charge in [-0.1, -0.05) is 6.07 Å². The Kier molecular flexibility index (Phi) is 6.05. The van der Waals surface area contributed by atoms with Gasteiger partial charge < -0.3 is 19.6 Å². The van der Waals surface area contributed by atoms with Gasteiger partial charge in [-0.05, 0) is 43.7 Å². The lowest BCUT2D eigenvalue weighted by molar-refractivity contribution is 0.0487. The molecule has 2 atom stereocenters. The third kappa shape index (κ3) is 4.39. The third-order valence-corrected chi connectivity index (χ3v) is 3.50. The van der Waals surface area contributed by atoms with Gasteiger partial charge in [0.05, 0.1) is 19.3 Å². The highest BCUT2D eigenvalue weighted by Gasteiger charge is 2.19. The Balaban J connectivity index is 1.93. The van der Waals surface area contributed by atoms with E-state index in [2.05, 4.69) is 5.32 Å². The van der Waals surface area contributed by atoms with Crippen LogP contribution in [0.15, 0.2) is 34.7 Å². The summed E-state index contributed by atoms with van der Waals surface area (Å²) in [4.78, 5) is 11.5. The normalized spacial score (nSPS) is 13.5. The van der Waals surface area contributed by atoms with Gasteiger partial charge in [-0.15, -0.1) is 0 Å². The zero-order valence-electron chi connectivity index (χ0n) is 13.4. The summed E-state index contributed by atoms with van der Waals surface area (Å²) in [6.07, 6.45) is -1.03. The molecule has 0 aliphatic heterocycles. The zero-order valence-corrected chi connectivity index (χ0v) is 13.4. The summed E-state index contributed by atoms with van der Waals surface area (Å²) in [5.41, 5.74) is 0.264. The van der Waals surface area contributed by atoms with Crippen LogP contribution in [-0.4, -0.2) is 23.7 Å². The number of hydrogen-bond acceptors (Lipinski definition) is 5. The molecule has 0 saturated carbocycles. The maximum absolute atomic E-state index is 13.2. The number of rotatable bonds is 7. The number of esters is 1. The lowest BCUT2D eigenvalue weighted by Crippen LogP contribution is -2.31. The Hall–Kier alpha value is -2.25. The minimum atomic E-state index is -1.03. The van der Waals surface area contributed by atoms with Crippen LogP contribution in [0.5, 0.6) is 0 Å². The van der Waals surface area contributed by atoms with E-state index < -0.39 is 29.7 Å². The molecule has 0 aliphatic carbocycles. The van der Waals surface area contributed by atoms with E-state index in [1.807, 2.05) is 0 Å². The van der Waals surface area contributed by atoms with Crippen molar-refractivity contribution in [2.75, 3.05) is 6.61 Å². The maximum atomic E-state index is 13.2. The summed E-state index contributed by atoms with van der Waals surface area (Å²) in [5.74, 6) is -1.93. The van der Waals surface area contributed by atoms with Crippen molar-refractivity contribution in [1.29, 1.82) is 0 Å². The monoisotopic (exact) mass is 339 g/mol. The Bertz CT molecular complexity index is 702. The molecule has 2 aromatic rings. The number of halogens is 2. The number of nitrogens with one attached hydrogen (secondary N) is 1. The van der Waals surface area contributed by atoms with Gasteiger partial charge in [0.15, 0.2) is 11.6 Å². The van der Waals surface area contributed by atoms with Crippen LogP contribution in [-0.2, 0) is 11.3 Å². The predicted molar refractivity (Wildman–Crippen MR) is 82.3 cm³/mol. The van der Waals surface area contributed by atoms with Crippen LogP contribution in [0, 0.1) is 11.6 Å². The molecule has 1 aromatic heterocycles. The summed E-state index contributed by atoms with van der Waals surface area (Å²) in [6.45, 7) is 3.90. The largest absolute Gasteiger partial charge is 0.460 e. The van der Waals surface area contributed by atoms with E-state index in [1.54, 1.807) is 19.9 Å². The van der Waals surface area contributed by atoms with Gasteiger partial charge in [0, 0.05) is 6.04 Å². The Morgan fingerprint density at radius 3 is 2.71 bits per heavy atom. The number of benzene rings is 1. The van der Waals surface area contributed by atoms with Crippen molar-refractivity contribution in [3.8, 4) is 0 Å². The molecule has 0 radical (unpaired) electrons. The lowest BCUT2D eigenvalue weighted by Gasteiger charge is -2.20. The van der Waals surface area contributed by atoms with Gasteiger partial charge in [-0.25, -0.2) is 13.6 Å². The SMILES string of the molecule is CCOC(=O)c1ccc(CNC(C)C(O)c2ccc(F)c(F)c2)o1. The fraction of sp³-hybridized carbons (Fsp3) is 0.353. The lowest BCUT2D eigenvalue weighted by atomic mass is 10.0. The number of carbonyl (C=O) groups excluding carboxylic acids is 1. The highest BCUT2D eigenvalue weighted by molar-refractivity contribution is 5.86. The molecule has 0 amide bonds. The molecular formula is C17H19F2NO4. The number of aliphatic hydroxyl groups excluding tert-OH is 1. The number of aliphatic hydroxyl groups is 1. The molecule has 0 fully saturated rings. The van der Waals surface area contributed by atoms with Crippen molar-refractivity contribution in [2.24, 2.45) is 0 Å². The van der Waals surface area contributed by atoms with Crippen LogP contribution in [0.3, 0.4) is 0 Å². The molecule has 0 saturated heterocycles. The zero-order chi connectivity index (χ0) is 17.7. The van der Waals surface area contributed by atoms with Crippen molar-refractivity contribution in [2.45, 2.75) is 32.5 Å². The highest BCUT2D eigenvalue weighted by Crippen LogP contribution is 2.20. The van der Waals surface area contributed by atoms with Crippen LogP contribution in [0.1, 0.15) is 41.8 Å². The first kappa shape index (κ1) is 18.1. The molecule has 24 heavy (non-hydrogen) atoms. The highest BCUT2D eigenvalue weighted by atomic mass is 19.2. The van der Waals surface area contributed by atoms with Gasteiger partial charge in [0.1, 0.15) is 5.76 Å². The van der Waals surface area contributed by atoms with Gasteiger partial charge in [-0.2, -0.15) is 0 Å². The van der Waals surface area contributed by atoms with E-state index in [1.165, 1.54) is 12.1 Å². The second-order valence-corrected chi connectivity index (χ2v) is 5.27. The smallest absolute Gasteiger partial charge is 0.374 e. The van der Waals surface area contributed by atoms with Crippen molar-refractivity contribution in [3.05, 3.63) is 59.1 Å². The minimum Gasteiger partial charge on any atom is -0.460 e. The molecule has 1 heterocycles. The summed E-state index contributed by atoms with van der Waals surface area (Å²) < 4.78 is 36.3. The molecule has 0 spiro atoms. The van der Waals surface area contributed by atoms with E-state index in [4.69, 9.17) is 9.15 Å². The van der Waals surface area contributed by atoms with Crippen molar-refractivity contribution in [3.63, 3.8) is 0 Å². The number of ether oxygens (including phenoxy) is 1. The molecule has 0 bridgehead atoms. The Labute approximate surface area is 138 Å². The average Bonchev–Trinajstić information content (AvgIpc) is 3.04. The van der Waals surface area contributed by atoms with Gasteiger partial charge in [0.25, 0.3) is 0 Å². The minimum absolute atomic E-state index is 0.0995. The van der Waals surface area contributed by atoms with Gasteiger partial charge in [-0.3, -0.25) is 0 Å².